The maximum atomic E-state index is 12.0. The van der Waals surface area contributed by atoms with Crippen molar-refractivity contribution in [2.24, 2.45) is 17.8 Å². The molecular formula is C25H45N5O5. The molecule has 200 valence electrons. The Kier molecular flexibility index (Phi) is 11.7. The first-order valence-electron chi connectivity index (χ1n) is 13.3. The van der Waals surface area contributed by atoms with E-state index in [0.29, 0.717) is 82.6 Å². The van der Waals surface area contributed by atoms with Crippen molar-refractivity contribution in [1.82, 2.24) is 25.6 Å². The molecule has 0 radical (unpaired) electrons. The van der Waals surface area contributed by atoms with Gasteiger partial charge in [-0.25, -0.2) is 9.48 Å². The first-order chi connectivity index (χ1) is 17.0. The summed E-state index contributed by atoms with van der Waals surface area (Å²) in [5.41, 5.74) is 2.44. The number of hydrogen-bond acceptors (Lipinski definition) is 8. The Labute approximate surface area is 209 Å². The molecule has 10 heteroatoms. The van der Waals surface area contributed by atoms with Crippen LogP contribution < -0.4 is 10.6 Å². The highest BCUT2D eigenvalue weighted by atomic mass is 16.6. The molecule has 1 saturated carbocycles. The summed E-state index contributed by atoms with van der Waals surface area (Å²) in [5.74, 6) is 1.73. The molecule has 1 aromatic rings. The Morgan fingerprint density at radius 1 is 0.943 bits per heavy atom. The van der Waals surface area contributed by atoms with Crippen LogP contribution in [0.2, 0.25) is 0 Å². The summed E-state index contributed by atoms with van der Waals surface area (Å²) in [6.07, 6.45) is 3.82. The maximum Gasteiger partial charge on any atom is 0.407 e. The van der Waals surface area contributed by atoms with Crippen LogP contribution in [-0.4, -0.2) is 86.5 Å². The zero-order chi connectivity index (χ0) is 25.0. The number of alkyl carbamates (subject to hydrolysis) is 1. The third kappa shape index (κ3) is 9.33. The summed E-state index contributed by atoms with van der Waals surface area (Å²) in [6, 6.07) is 0.811. The summed E-state index contributed by atoms with van der Waals surface area (Å²) in [4.78, 5) is 12.0. The molecule has 0 bridgehead atoms. The van der Waals surface area contributed by atoms with E-state index < -0.39 is 0 Å². The van der Waals surface area contributed by atoms with Crippen molar-refractivity contribution in [3.05, 3.63) is 11.4 Å². The van der Waals surface area contributed by atoms with Crippen LogP contribution in [0.1, 0.15) is 58.0 Å². The minimum absolute atomic E-state index is 0.335. The fraction of sp³-hybridized carbons (Fsp3) is 0.880. The number of nitrogens with zero attached hydrogens (tertiary/aromatic N) is 3. The second-order valence-electron chi connectivity index (χ2n) is 10.1. The number of aromatic nitrogens is 3. The van der Waals surface area contributed by atoms with E-state index in [-0.39, 0.29) is 6.09 Å². The lowest BCUT2D eigenvalue weighted by molar-refractivity contribution is 0.0154. The average molecular weight is 496 g/mol. The first kappa shape index (κ1) is 27.8. The van der Waals surface area contributed by atoms with Gasteiger partial charge in [-0.3, -0.25) is 0 Å². The third-order valence-electron chi connectivity index (χ3n) is 6.76. The van der Waals surface area contributed by atoms with Crippen molar-refractivity contribution in [3.8, 4) is 0 Å². The van der Waals surface area contributed by atoms with Crippen LogP contribution >= 0.6 is 0 Å². The first-order valence-corrected chi connectivity index (χ1v) is 13.3. The van der Waals surface area contributed by atoms with Gasteiger partial charge in [-0.15, -0.1) is 5.10 Å². The van der Waals surface area contributed by atoms with Crippen molar-refractivity contribution < 1.29 is 23.7 Å². The van der Waals surface area contributed by atoms with E-state index in [1.54, 1.807) is 0 Å². The SMILES string of the molecule is CC(C)NCCOCCOCCOCCNC(=O)OCC1C2CCc3nnn(C(C)C)c3CCC21. The Hall–Kier alpha value is -1.75. The molecule has 0 spiro atoms. The number of rotatable bonds is 16. The van der Waals surface area contributed by atoms with Crippen molar-refractivity contribution >= 4 is 6.09 Å². The predicted molar refractivity (Wildman–Crippen MR) is 132 cm³/mol. The van der Waals surface area contributed by atoms with Crippen LogP contribution in [0, 0.1) is 17.8 Å². The average Bonchev–Trinajstić information content (AvgIpc) is 3.30. The van der Waals surface area contributed by atoms with E-state index in [2.05, 4.69) is 53.3 Å². The third-order valence-corrected chi connectivity index (χ3v) is 6.76. The van der Waals surface area contributed by atoms with Gasteiger partial charge in [-0.2, -0.15) is 0 Å². The quantitative estimate of drug-likeness (QED) is 0.337. The van der Waals surface area contributed by atoms with E-state index in [4.69, 9.17) is 18.9 Å². The number of fused-ring (bicyclic) bond motifs is 2. The minimum atomic E-state index is -0.367. The lowest BCUT2D eigenvalue weighted by Crippen LogP contribution is -2.29. The fourth-order valence-electron chi connectivity index (χ4n) is 4.86. The lowest BCUT2D eigenvalue weighted by Gasteiger charge is -2.12. The van der Waals surface area contributed by atoms with Gasteiger partial charge >= 0.3 is 6.09 Å². The Balaban J connectivity index is 1.15. The van der Waals surface area contributed by atoms with Gasteiger partial charge in [0, 0.05) is 25.2 Å². The highest BCUT2D eigenvalue weighted by Gasteiger charge is 2.50. The monoisotopic (exact) mass is 495 g/mol. The van der Waals surface area contributed by atoms with E-state index in [1.165, 1.54) is 5.69 Å². The van der Waals surface area contributed by atoms with E-state index in [0.717, 1.165) is 37.9 Å². The zero-order valence-electron chi connectivity index (χ0n) is 22.0. The van der Waals surface area contributed by atoms with Crippen molar-refractivity contribution in [2.45, 2.75) is 65.5 Å². The molecule has 3 unspecified atom stereocenters. The molecule has 35 heavy (non-hydrogen) atoms. The number of hydrogen-bond donors (Lipinski definition) is 2. The number of carbonyl (C=O) groups excluding carboxylic acids is 1. The molecule has 1 aromatic heterocycles. The topological polar surface area (TPSA) is 109 Å². The Bertz CT molecular complexity index is 757. The Morgan fingerprint density at radius 2 is 1.57 bits per heavy atom. The summed E-state index contributed by atoms with van der Waals surface area (Å²) in [5, 5.41) is 14.8. The van der Waals surface area contributed by atoms with Crippen molar-refractivity contribution in [2.75, 3.05) is 59.3 Å². The van der Waals surface area contributed by atoms with Gasteiger partial charge in [0.25, 0.3) is 0 Å². The molecule has 0 aromatic carbocycles. The molecule has 3 atom stereocenters. The molecular weight excluding hydrogens is 450 g/mol. The molecule has 1 amide bonds. The summed E-state index contributed by atoms with van der Waals surface area (Å²) in [6.45, 7) is 13.5. The van der Waals surface area contributed by atoms with Gasteiger partial charge in [-0.05, 0) is 57.3 Å². The smallest absolute Gasteiger partial charge is 0.407 e. The molecule has 0 saturated heterocycles. The highest BCUT2D eigenvalue weighted by molar-refractivity contribution is 5.67. The molecule has 3 rings (SSSR count). The second kappa shape index (κ2) is 14.7. The number of aryl methyl sites for hydroxylation is 1. The number of ether oxygens (including phenoxy) is 4. The van der Waals surface area contributed by atoms with Gasteiger partial charge in [0.05, 0.1) is 57.6 Å². The zero-order valence-corrected chi connectivity index (χ0v) is 22.0. The standard InChI is InChI=1S/C25H45N5O5/c1-18(2)26-9-11-32-13-15-34-16-14-33-12-10-27-25(31)35-17-22-20-5-7-23-24(8-6-21(20)22)30(19(3)4)29-28-23/h18-22,26H,5-17H2,1-4H3,(H,27,31). The van der Waals surface area contributed by atoms with E-state index >= 15 is 0 Å². The van der Waals surface area contributed by atoms with E-state index in [1.807, 2.05) is 0 Å². The van der Waals surface area contributed by atoms with Crippen LogP contribution in [0.25, 0.3) is 0 Å². The normalized spacial score (nSPS) is 21.4. The highest BCUT2D eigenvalue weighted by Crippen LogP contribution is 2.52. The summed E-state index contributed by atoms with van der Waals surface area (Å²) >= 11 is 0. The van der Waals surface area contributed by atoms with Crippen LogP contribution in [0.4, 0.5) is 4.79 Å². The number of amides is 1. The fourth-order valence-corrected chi connectivity index (χ4v) is 4.86. The van der Waals surface area contributed by atoms with Crippen molar-refractivity contribution in [3.63, 3.8) is 0 Å². The van der Waals surface area contributed by atoms with Crippen LogP contribution in [0.5, 0.6) is 0 Å². The van der Waals surface area contributed by atoms with E-state index in [9.17, 15) is 4.79 Å². The molecule has 0 aliphatic heterocycles. The van der Waals surface area contributed by atoms with Gasteiger partial charge in [0.15, 0.2) is 0 Å². The molecule has 10 nitrogen and oxygen atoms in total. The predicted octanol–water partition coefficient (Wildman–Crippen LogP) is 2.37. The molecule has 1 heterocycles. The summed E-state index contributed by atoms with van der Waals surface area (Å²) < 4.78 is 24.0. The number of nitrogens with one attached hydrogen (secondary N) is 2. The minimum Gasteiger partial charge on any atom is -0.449 e. The van der Waals surface area contributed by atoms with Gasteiger partial charge in [0.2, 0.25) is 0 Å². The molecule has 2 aliphatic rings. The maximum absolute atomic E-state index is 12.0. The summed E-state index contributed by atoms with van der Waals surface area (Å²) in [7, 11) is 0. The molecule has 1 fully saturated rings. The van der Waals surface area contributed by atoms with Crippen LogP contribution in [0.15, 0.2) is 0 Å². The molecule has 2 aliphatic carbocycles. The van der Waals surface area contributed by atoms with Crippen molar-refractivity contribution in [1.29, 1.82) is 0 Å². The number of carbonyl (C=O) groups is 1. The van der Waals surface area contributed by atoms with Gasteiger partial charge in [0.1, 0.15) is 0 Å². The van der Waals surface area contributed by atoms with Crippen LogP contribution in [0.3, 0.4) is 0 Å². The second-order valence-corrected chi connectivity index (χ2v) is 10.1. The van der Waals surface area contributed by atoms with Crippen LogP contribution in [-0.2, 0) is 31.8 Å². The Morgan fingerprint density at radius 3 is 2.23 bits per heavy atom. The molecule has 2 N–H and O–H groups in total. The van der Waals surface area contributed by atoms with Gasteiger partial charge < -0.3 is 29.6 Å². The van der Waals surface area contributed by atoms with Gasteiger partial charge in [-0.1, -0.05) is 19.1 Å². The lowest BCUT2D eigenvalue weighted by atomic mass is 10.0. The largest absolute Gasteiger partial charge is 0.449 e.